The Bertz CT molecular complexity index is 644. The average Bonchev–Trinajstić information content (AvgIpc) is 2.43. The van der Waals surface area contributed by atoms with Gasteiger partial charge in [-0.05, 0) is 12.1 Å². The van der Waals surface area contributed by atoms with Crippen LogP contribution in [0.2, 0.25) is 0 Å². The maximum atomic E-state index is 11.7. The van der Waals surface area contributed by atoms with E-state index >= 15 is 0 Å². The molecule has 100 valence electrons. The SMILES string of the molecule is COc1cccc(OC)c1-c1nc(N)c(N)c(=O)[nH]1. The number of aromatic nitrogens is 2. The fraction of sp³-hybridized carbons (Fsp3) is 0.167. The van der Waals surface area contributed by atoms with Crippen molar-refractivity contribution in [1.82, 2.24) is 9.97 Å². The minimum absolute atomic E-state index is 0.0355. The van der Waals surface area contributed by atoms with Gasteiger partial charge in [-0.2, -0.15) is 0 Å². The van der Waals surface area contributed by atoms with Crippen molar-refractivity contribution in [2.45, 2.75) is 0 Å². The molecule has 2 rings (SSSR count). The lowest BCUT2D eigenvalue weighted by Gasteiger charge is -2.12. The van der Waals surface area contributed by atoms with Gasteiger partial charge < -0.3 is 25.9 Å². The predicted octanol–water partition coefficient (Wildman–Crippen LogP) is 0.618. The molecule has 0 saturated carbocycles. The summed E-state index contributed by atoms with van der Waals surface area (Å²) in [6, 6.07) is 5.22. The zero-order valence-electron chi connectivity index (χ0n) is 10.6. The number of hydrogen-bond donors (Lipinski definition) is 3. The lowest BCUT2D eigenvalue weighted by Crippen LogP contribution is -2.17. The summed E-state index contributed by atoms with van der Waals surface area (Å²) < 4.78 is 10.5. The van der Waals surface area contributed by atoms with Gasteiger partial charge in [-0.1, -0.05) is 6.07 Å². The summed E-state index contributed by atoms with van der Waals surface area (Å²) in [7, 11) is 3.02. The molecule has 0 unspecified atom stereocenters. The Morgan fingerprint density at radius 2 is 1.74 bits per heavy atom. The van der Waals surface area contributed by atoms with Crippen LogP contribution in [0.15, 0.2) is 23.0 Å². The van der Waals surface area contributed by atoms with Gasteiger partial charge in [0.1, 0.15) is 28.6 Å². The van der Waals surface area contributed by atoms with E-state index in [1.807, 2.05) is 0 Å². The molecule has 1 heterocycles. The molecule has 7 heteroatoms. The van der Waals surface area contributed by atoms with Crippen molar-refractivity contribution in [1.29, 1.82) is 0 Å². The molecule has 2 aromatic rings. The second kappa shape index (κ2) is 4.89. The van der Waals surface area contributed by atoms with Crippen LogP contribution in [-0.2, 0) is 0 Å². The van der Waals surface area contributed by atoms with Gasteiger partial charge in [0.05, 0.1) is 14.2 Å². The fourth-order valence-corrected chi connectivity index (χ4v) is 1.70. The van der Waals surface area contributed by atoms with Gasteiger partial charge in [0.25, 0.3) is 5.56 Å². The molecule has 0 bridgehead atoms. The molecular formula is C12H14N4O3. The maximum Gasteiger partial charge on any atom is 0.276 e. The molecule has 0 radical (unpaired) electrons. The molecule has 19 heavy (non-hydrogen) atoms. The quantitative estimate of drug-likeness (QED) is 0.746. The van der Waals surface area contributed by atoms with Crippen LogP contribution in [-0.4, -0.2) is 24.2 Å². The third-order valence-corrected chi connectivity index (χ3v) is 2.65. The number of benzene rings is 1. The Kier molecular flexibility index (Phi) is 3.28. The second-order valence-electron chi connectivity index (χ2n) is 3.75. The second-order valence-corrected chi connectivity index (χ2v) is 3.75. The summed E-state index contributed by atoms with van der Waals surface area (Å²) in [5, 5.41) is 0. The Hall–Kier alpha value is -2.70. The molecule has 0 aliphatic rings. The number of anilines is 2. The molecule has 0 aliphatic carbocycles. The van der Waals surface area contributed by atoms with E-state index in [1.165, 1.54) is 14.2 Å². The van der Waals surface area contributed by atoms with E-state index in [2.05, 4.69) is 9.97 Å². The summed E-state index contributed by atoms with van der Waals surface area (Å²) in [4.78, 5) is 18.3. The number of nitrogens with one attached hydrogen (secondary N) is 1. The van der Waals surface area contributed by atoms with Crippen LogP contribution in [0.25, 0.3) is 11.4 Å². The Morgan fingerprint density at radius 3 is 2.21 bits per heavy atom. The van der Waals surface area contributed by atoms with Crippen molar-refractivity contribution in [2.24, 2.45) is 0 Å². The number of ether oxygens (including phenoxy) is 2. The van der Waals surface area contributed by atoms with Gasteiger partial charge in [-0.25, -0.2) is 4.98 Å². The van der Waals surface area contributed by atoms with E-state index < -0.39 is 5.56 Å². The number of hydrogen-bond acceptors (Lipinski definition) is 6. The van der Waals surface area contributed by atoms with E-state index in [0.717, 1.165) is 0 Å². The standard InChI is InChI=1S/C12H14N4O3/c1-18-6-4-3-5-7(19-2)8(6)11-15-10(14)9(13)12(17)16-11/h3-5H,13H2,1-2H3,(H3,14,15,16,17). The molecule has 7 nitrogen and oxygen atoms in total. The first-order chi connectivity index (χ1) is 9.08. The summed E-state index contributed by atoms with van der Waals surface area (Å²) in [5.41, 5.74) is 11.0. The van der Waals surface area contributed by atoms with Crippen molar-refractivity contribution in [2.75, 3.05) is 25.7 Å². The van der Waals surface area contributed by atoms with Crippen molar-refractivity contribution in [3.63, 3.8) is 0 Å². The van der Waals surface area contributed by atoms with Gasteiger partial charge in [0.15, 0.2) is 5.82 Å². The number of nitrogen functional groups attached to an aromatic ring is 2. The van der Waals surface area contributed by atoms with Crippen LogP contribution in [0.3, 0.4) is 0 Å². The summed E-state index contributed by atoms with van der Waals surface area (Å²) >= 11 is 0. The van der Waals surface area contributed by atoms with Crippen LogP contribution in [0.5, 0.6) is 11.5 Å². The van der Waals surface area contributed by atoms with E-state index in [9.17, 15) is 4.79 Å². The smallest absolute Gasteiger partial charge is 0.276 e. The van der Waals surface area contributed by atoms with Crippen LogP contribution in [0.1, 0.15) is 0 Å². The highest BCUT2D eigenvalue weighted by Crippen LogP contribution is 2.36. The van der Waals surface area contributed by atoms with Crippen LogP contribution >= 0.6 is 0 Å². The Morgan fingerprint density at radius 1 is 1.16 bits per heavy atom. The molecule has 1 aromatic carbocycles. The minimum atomic E-state index is -0.504. The lowest BCUT2D eigenvalue weighted by molar-refractivity contribution is 0.397. The van der Waals surface area contributed by atoms with Crippen molar-refractivity contribution >= 4 is 11.5 Å². The maximum absolute atomic E-state index is 11.7. The molecule has 1 aromatic heterocycles. The van der Waals surface area contributed by atoms with Gasteiger partial charge >= 0.3 is 0 Å². The van der Waals surface area contributed by atoms with Gasteiger partial charge in [0.2, 0.25) is 0 Å². The highest BCUT2D eigenvalue weighted by molar-refractivity contribution is 5.74. The number of aromatic amines is 1. The van der Waals surface area contributed by atoms with Gasteiger partial charge in [-0.15, -0.1) is 0 Å². The van der Waals surface area contributed by atoms with Gasteiger partial charge in [-0.3, -0.25) is 4.79 Å². The lowest BCUT2D eigenvalue weighted by atomic mass is 10.1. The van der Waals surface area contributed by atoms with Crippen molar-refractivity contribution < 1.29 is 9.47 Å². The first-order valence-corrected chi connectivity index (χ1v) is 5.45. The van der Waals surface area contributed by atoms with Crippen molar-refractivity contribution in [3.8, 4) is 22.9 Å². The number of rotatable bonds is 3. The fourth-order valence-electron chi connectivity index (χ4n) is 1.70. The van der Waals surface area contributed by atoms with E-state index in [1.54, 1.807) is 18.2 Å². The minimum Gasteiger partial charge on any atom is -0.496 e. The number of nitrogens with two attached hydrogens (primary N) is 2. The summed E-state index contributed by atoms with van der Waals surface area (Å²) in [5.74, 6) is 1.22. The van der Waals surface area contributed by atoms with Crippen LogP contribution in [0.4, 0.5) is 11.5 Å². The van der Waals surface area contributed by atoms with Crippen molar-refractivity contribution in [3.05, 3.63) is 28.6 Å². The zero-order valence-corrected chi connectivity index (χ0v) is 10.6. The van der Waals surface area contributed by atoms with E-state index in [0.29, 0.717) is 17.1 Å². The average molecular weight is 262 g/mol. The van der Waals surface area contributed by atoms with E-state index in [-0.39, 0.29) is 17.3 Å². The number of H-pyrrole nitrogens is 1. The first-order valence-electron chi connectivity index (χ1n) is 5.45. The topological polar surface area (TPSA) is 116 Å². The van der Waals surface area contributed by atoms with Crippen LogP contribution < -0.4 is 26.5 Å². The van der Waals surface area contributed by atoms with E-state index in [4.69, 9.17) is 20.9 Å². The first kappa shape index (κ1) is 12.7. The van der Waals surface area contributed by atoms with Gasteiger partial charge in [0, 0.05) is 0 Å². The van der Waals surface area contributed by atoms with Crippen LogP contribution in [0, 0.1) is 0 Å². The third kappa shape index (κ3) is 2.17. The molecule has 0 aliphatic heterocycles. The molecule has 0 spiro atoms. The highest BCUT2D eigenvalue weighted by Gasteiger charge is 2.16. The highest BCUT2D eigenvalue weighted by atomic mass is 16.5. The predicted molar refractivity (Wildman–Crippen MR) is 72.2 cm³/mol. The Labute approximate surface area is 109 Å². The summed E-state index contributed by atoms with van der Waals surface area (Å²) in [6.45, 7) is 0. The molecular weight excluding hydrogens is 248 g/mol. The number of methoxy groups -OCH3 is 2. The largest absolute Gasteiger partial charge is 0.496 e. The molecule has 0 saturated heterocycles. The number of nitrogens with zero attached hydrogens (tertiary/aromatic N) is 1. The molecule has 0 amide bonds. The molecule has 0 atom stereocenters. The Balaban J connectivity index is 2.74. The zero-order chi connectivity index (χ0) is 14.0. The summed E-state index contributed by atoms with van der Waals surface area (Å²) in [6.07, 6.45) is 0. The third-order valence-electron chi connectivity index (χ3n) is 2.65. The molecule has 5 N–H and O–H groups in total. The monoisotopic (exact) mass is 262 g/mol. The molecule has 0 fully saturated rings. The normalized spacial score (nSPS) is 10.2.